The van der Waals surface area contributed by atoms with E-state index in [1.54, 1.807) is 0 Å². The van der Waals surface area contributed by atoms with E-state index in [0.29, 0.717) is 5.69 Å². The Bertz CT molecular complexity index is 952. The minimum atomic E-state index is -4.52. The molecule has 1 aliphatic rings. The molecule has 1 aliphatic heterocycles. The fourth-order valence-corrected chi connectivity index (χ4v) is 3.97. The topological polar surface area (TPSA) is 70.8 Å². The van der Waals surface area contributed by atoms with Gasteiger partial charge in [-0.1, -0.05) is 36.8 Å². The molecule has 3 heterocycles. The summed E-state index contributed by atoms with van der Waals surface area (Å²) in [7, 11) is 0. The van der Waals surface area contributed by atoms with Crippen molar-refractivity contribution in [2.24, 2.45) is 0 Å². The normalized spacial score (nSPS) is 18.6. The molecule has 148 valence electrons. The van der Waals surface area contributed by atoms with Crippen LogP contribution in [0.1, 0.15) is 42.1 Å². The van der Waals surface area contributed by atoms with Gasteiger partial charge in [0.2, 0.25) is 0 Å². The van der Waals surface area contributed by atoms with Crippen LogP contribution in [0.3, 0.4) is 0 Å². The average molecular weight is 389 g/mol. The lowest BCUT2D eigenvalue weighted by Gasteiger charge is -2.35. The van der Waals surface area contributed by atoms with Crippen LogP contribution in [-0.4, -0.2) is 33.2 Å². The highest BCUT2D eigenvalue weighted by molar-refractivity contribution is 5.89. The molecule has 0 amide bonds. The summed E-state index contributed by atoms with van der Waals surface area (Å²) < 4.78 is 41.0. The van der Waals surface area contributed by atoms with Crippen LogP contribution in [0.2, 0.25) is 0 Å². The van der Waals surface area contributed by atoms with Crippen molar-refractivity contribution in [3.05, 3.63) is 53.2 Å². The number of fused-ring (bicyclic) bond motifs is 1. The van der Waals surface area contributed by atoms with Crippen LogP contribution in [0.15, 0.2) is 36.4 Å². The van der Waals surface area contributed by atoms with Gasteiger partial charge < -0.3 is 5.73 Å². The molecule has 0 spiro atoms. The number of alkyl halides is 3. The van der Waals surface area contributed by atoms with Crippen molar-refractivity contribution in [1.82, 2.24) is 20.1 Å². The number of nitrogen functional groups attached to an aromatic ring is 1. The van der Waals surface area contributed by atoms with E-state index < -0.39 is 11.7 Å². The number of nitrogens with one attached hydrogen (secondary N) is 1. The van der Waals surface area contributed by atoms with Gasteiger partial charge in [0.05, 0.1) is 22.7 Å². The summed E-state index contributed by atoms with van der Waals surface area (Å²) >= 11 is 0. The van der Waals surface area contributed by atoms with E-state index in [0.717, 1.165) is 44.8 Å². The van der Waals surface area contributed by atoms with Gasteiger partial charge in [-0.3, -0.25) is 10.00 Å². The summed E-state index contributed by atoms with van der Waals surface area (Å²) in [6.07, 6.45) is -0.881. The maximum atomic E-state index is 13.7. The number of aromatic nitrogens is 3. The van der Waals surface area contributed by atoms with Crippen molar-refractivity contribution in [3.63, 3.8) is 0 Å². The molecule has 3 aromatic rings. The molecule has 4 rings (SSSR count). The Balaban J connectivity index is 1.66. The number of halogens is 3. The van der Waals surface area contributed by atoms with Crippen molar-refractivity contribution in [3.8, 4) is 0 Å². The van der Waals surface area contributed by atoms with E-state index in [1.807, 2.05) is 18.2 Å². The Morgan fingerprint density at radius 2 is 1.96 bits per heavy atom. The molecule has 0 radical (unpaired) electrons. The summed E-state index contributed by atoms with van der Waals surface area (Å²) in [6, 6.07) is 11.1. The molecule has 5 nitrogen and oxygen atoms in total. The third-order valence-corrected chi connectivity index (χ3v) is 5.36. The SMILES string of the molecule is Nc1[nH]nc2nc(C3CCCCN3CCc3ccccc3)cc(C(F)(F)F)c12. The molecule has 1 unspecified atom stereocenters. The number of anilines is 1. The molecule has 0 saturated carbocycles. The Morgan fingerprint density at radius 1 is 1.18 bits per heavy atom. The molecule has 2 aromatic heterocycles. The zero-order valence-electron chi connectivity index (χ0n) is 15.3. The first-order chi connectivity index (χ1) is 13.4. The highest BCUT2D eigenvalue weighted by atomic mass is 19.4. The summed E-state index contributed by atoms with van der Waals surface area (Å²) in [5, 5.41) is 6.17. The first kappa shape index (κ1) is 18.7. The van der Waals surface area contributed by atoms with Crippen LogP contribution in [0.5, 0.6) is 0 Å². The number of rotatable bonds is 4. The van der Waals surface area contributed by atoms with Gasteiger partial charge in [0.1, 0.15) is 5.82 Å². The minimum absolute atomic E-state index is 0.0240. The second-order valence-electron chi connectivity index (χ2n) is 7.21. The van der Waals surface area contributed by atoms with Crippen LogP contribution in [0.25, 0.3) is 11.0 Å². The van der Waals surface area contributed by atoms with E-state index in [9.17, 15) is 13.2 Å². The monoisotopic (exact) mass is 389 g/mol. The number of aromatic amines is 1. The molecule has 3 N–H and O–H groups in total. The summed E-state index contributed by atoms with van der Waals surface area (Å²) in [5.41, 5.74) is 6.56. The molecule has 1 saturated heterocycles. The maximum absolute atomic E-state index is 13.7. The Kier molecular flexibility index (Phi) is 4.97. The van der Waals surface area contributed by atoms with Crippen LogP contribution in [0, 0.1) is 0 Å². The van der Waals surface area contributed by atoms with Gasteiger partial charge in [0.15, 0.2) is 5.65 Å². The fourth-order valence-electron chi connectivity index (χ4n) is 3.97. The molecule has 1 fully saturated rings. The number of hydrogen-bond donors (Lipinski definition) is 2. The summed E-state index contributed by atoms with van der Waals surface area (Å²) in [4.78, 5) is 6.67. The molecular weight excluding hydrogens is 367 g/mol. The quantitative estimate of drug-likeness (QED) is 0.697. The zero-order valence-corrected chi connectivity index (χ0v) is 15.3. The van der Waals surface area contributed by atoms with Gasteiger partial charge in [-0.15, -0.1) is 0 Å². The van der Waals surface area contributed by atoms with Crippen LogP contribution in [0.4, 0.5) is 19.0 Å². The van der Waals surface area contributed by atoms with Crippen molar-refractivity contribution < 1.29 is 13.2 Å². The number of nitrogens with two attached hydrogens (primary N) is 1. The third-order valence-electron chi connectivity index (χ3n) is 5.36. The Hall–Kier alpha value is -2.61. The molecule has 8 heteroatoms. The largest absolute Gasteiger partial charge is 0.417 e. The van der Waals surface area contributed by atoms with E-state index in [4.69, 9.17) is 5.73 Å². The molecule has 28 heavy (non-hydrogen) atoms. The van der Waals surface area contributed by atoms with Crippen LogP contribution >= 0.6 is 0 Å². The molecular formula is C20H22F3N5. The highest BCUT2D eigenvalue weighted by Crippen LogP contribution is 2.39. The smallest absolute Gasteiger partial charge is 0.383 e. The van der Waals surface area contributed by atoms with Gasteiger partial charge in [-0.2, -0.15) is 18.3 Å². The molecule has 0 aliphatic carbocycles. The van der Waals surface area contributed by atoms with E-state index in [-0.39, 0.29) is 22.9 Å². The number of nitrogens with zero attached hydrogens (tertiary/aromatic N) is 3. The van der Waals surface area contributed by atoms with Crippen LogP contribution in [-0.2, 0) is 12.6 Å². The van der Waals surface area contributed by atoms with E-state index in [2.05, 4.69) is 32.2 Å². The molecule has 1 atom stereocenters. The lowest BCUT2D eigenvalue weighted by atomic mass is 9.96. The summed E-state index contributed by atoms with van der Waals surface area (Å²) in [5.74, 6) is -0.106. The predicted molar refractivity (Wildman–Crippen MR) is 102 cm³/mol. The zero-order chi connectivity index (χ0) is 19.7. The van der Waals surface area contributed by atoms with Crippen LogP contribution < -0.4 is 5.73 Å². The Morgan fingerprint density at radius 3 is 2.71 bits per heavy atom. The van der Waals surface area contributed by atoms with Gasteiger partial charge in [-0.25, -0.2) is 4.98 Å². The number of likely N-dealkylation sites (tertiary alicyclic amines) is 1. The number of pyridine rings is 1. The third kappa shape index (κ3) is 3.69. The standard InChI is InChI=1S/C20H22F3N5/c21-20(22,23)14-12-15(25-19-17(14)18(24)26-27-19)16-8-4-5-10-28(16)11-9-13-6-2-1-3-7-13/h1-3,6-7,12,16H,4-5,8-11H2,(H3,24,25,26,27). The van der Waals surface area contributed by atoms with Gasteiger partial charge in [0, 0.05) is 6.54 Å². The lowest BCUT2D eigenvalue weighted by Crippen LogP contribution is -2.35. The maximum Gasteiger partial charge on any atom is 0.417 e. The number of piperidine rings is 1. The van der Waals surface area contributed by atoms with Gasteiger partial charge >= 0.3 is 6.18 Å². The first-order valence-electron chi connectivity index (χ1n) is 9.43. The van der Waals surface area contributed by atoms with Crippen molar-refractivity contribution in [2.45, 2.75) is 37.9 Å². The van der Waals surface area contributed by atoms with Gasteiger partial charge in [-0.05, 0) is 37.4 Å². The lowest BCUT2D eigenvalue weighted by molar-refractivity contribution is -0.136. The second kappa shape index (κ2) is 7.43. The number of H-pyrrole nitrogens is 1. The van der Waals surface area contributed by atoms with E-state index >= 15 is 0 Å². The van der Waals surface area contributed by atoms with Crippen molar-refractivity contribution in [1.29, 1.82) is 0 Å². The average Bonchev–Trinajstić information content (AvgIpc) is 3.07. The van der Waals surface area contributed by atoms with Crippen molar-refractivity contribution in [2.75, 3.05) is 18.8 Å². The number of hydrogen-bond acceptors (Lipinski definition) is 4. The molecule has 1 aromatic carbocycles. The Labute approximate surface area is 160 Å². The van der Waals surface area contributed by atoms with Crippen molar-refractivity contribution >= 4 is 16.9 Å². The predicted octanol–water partition coefficient (Wildman–Crippen LogP) is 4.33. The van der Waals surface area contributed by atoms with E-state index in [1.165, 1.54) is 5.56 Å². The first-order valence-corrected chi connectivity index (χ1v) is 9.43. The second-order valence-corrected chi connectivity index (χ2v) is 7.21. The molecule has 0 bridgehead atoms. The number of benzene rings is 1. The summed E-state index contributed by atoms with van der Waals surface area (Å²) in [6.45, 7) is 1.62. The highest BCUT2D eigenvalue weighted by Gasteiger charge is 2.37. The fraction of sp³-hybridized carbons (Fsp3) is 0.400. The minimum Gasteiger partial charge on any atom is -0.383 e. The van der Waals surface area contributed by atoms with Gasteiger partial charge in [0.25, 0.3) is 0 Å².